The Kier molecular flexibility index (Phi) is 5.18. The Morgan fingerprint density at radius 2 is 1.80 bits per heavy atom. The maximum absolute atomic E-state index is 12.5. The predicted octanol–water partition coefficient (Wildman–Crippen LogP) is 3.15. The lowest BCUT2D eigenvalue weighted by atomic mass is 10.1. The predicted molar refractivity (Wildman–Crippen MR) is 106 cm³/mol. The van der Waals surface area contributed by atoms with Crippen LogP contribution in [0.3, 0.4) is 0 Å². The van der Waals surface area contributed by atoms with Gasteiger partial charge in [-0.1, -0.05) is 6.07 Å². The van der Waals surface area contributed by atoms with Crippen molar-refractivity contribution >= 4 is 29.1 Å². The normalized spacial score (nSPS) is 15.9. The zero-order valence-corrected chi connectivity index (χ0v) is 16.0. The molecule has 0 radical (unpaired) electrons. The molecule has 154 valence electrons. The molecular weight excluding hydrogens is 390 g/mol. The summed E-state index contributed by atoms with van der Waals surface area (Å²) in [6, 6.07) is 10.7. The summed E-state index contributed by atoms with van der Waals surface area (Å²) in [5, 5.41) is 13.8. The second-order valence-corrected chi connectivity index (χ2v) is 7.25. The molecule has 0 aromatic heterocycles. The second-order valence-electron chi connectivity index (χ2n) is 7.25. The minimum atomic E-state index is -0.849. The number of fused-ring (bicyclic) bond motifs is 1. The summed E-state index contributed by atoms with van der Waals surface area (Å²) >= 11 is 0. The van der Waals surface area contributed by atoms with Crippen LogP contribution in [0.4, 0.5) is 11.4 Å². The molecule has 1 heterocycles. The van der Waals surface area contributed by atoms with E-state index in [2.05, 4.69) is 5.32 Å². The van der Waals surface area contributed by atoms with Crippen molar-refractivity contribution in [1.82, 2.24) is 4.90 Å². The summed E-state index contributed by atoms with van der Waals surface area (Å²) in [7, 11) is 0. The largest absolute Gasteiger partial charge is 0.490 e. The molecule has 0 unspecified atom stereocenters. The lowest BCUT2D eigenvalue weighted by Gasteiger charge is -2.15. The monoisotopic (exact) mass is 409 g/mol. The van der Waals surface area contributed by atoms with Gasteiger partial charge < -0.3 is 10.1 Å². The first-order chi connectivity index (χ1) is 14.4. The van der Waals surface area contributed by atoms with E-state index in [1.54, 1.807) is 24.3 Å². The number of amides is 3. The third kappa shape index (κ3) is 3.73. The van der Waals surface area contributed by atoms with Gasteiger partial charge >= 0.3 is 0 Å². The molecule has 1 aliphatic carbocycles. The second kappa shape index (κ2) is 7.94. The van der Waals surface area contributed by atoms with Crippen molar-refractivity contribution in [2.24, 2.45) is 0 Å². The van der Waals surface area contributed by atoms with Crippen molar-refractivity contribution in [3.05, 3.63) is 63.7 Å². The lowest BCUT2D eigenvalue weighted by Crippen LogP contribution is -2.37. The molecule has 3 amide bonds. The van der Waals surface area contributed by atoms with Crippen molar-refractivity contribution in [1.29, 1.82) is 0 Å². The number of nitrogens with zero attached hydrogens (tertiary/aromatic N) is 2. The molecule has 2 aliphatic rings. The number of benzene rings is 2. The van der Waals surface area contributed by atoms with E-state index in [0.29, 0.717) is 16.3 Å². The topological polar surface area (TPSA) is 119 Å². The Morgan fingerprint density at radius 1 is 1.10 bits per heavy atom. The SMILES string of the molecule is O=C(CN1C(=O)c2cccc([N+](=O)[O-])c2C1=O)Nc1ccc(OC2CCCC2)cc1. The summed E-state index contributed by atoms with van der Waals surface area (Å²) in [4.78, 5) is 48.5. The van der Waals surface area contributed by atoms with Crippen LogP contribution in [0, 0.1) is 10.1 Å². The molecule has 0 bridgehead atoms. The van der Waals surface area contributed by atoms with E-state index in [1.807, 2.05) is 0 Å². The van der Waals surface area contributed by atoms with Gasteiger partial charge in [-0.15, -0.1) is 0 Å². The third-order valence-corrected chi connectivity index (χ3v) is 5.22. The number of carbonyl (C=O) groups excluding carboxylic acids is 3. The van der Waals surface area contributed by atoms with Crippen LogP contribution in [-0.4, -0.2) is 40.2 Å². The van der Waals surface area contributed by atoms with Crippen LogP contribution in [-0.2, 0) is 4.79 Å². The van der Waals surface area contributed by atoms with Gasteiger partial charge in [0.05, 0.1) is 16.6 Å². The molecule has 9 heteroatoms. The zero-order valence-electron chi connectivity index (χ0n) is 16.0. The lowest BCUT2D eigenvalue weighted by molar-refractivity contribution is -0.385. The Morgan fingerprint density at radius 3 is 2.47 bits per heavy atom. The average Bonchev–Trinajstić information content (AvgIpc) is 3.32. The molecule has 1 aliphatic heterocycles. The number of imide groups is 1. The van der Waals surface area contributed by atoms with Gasteiger partial charge in [0, 0.05) is 11.8 Å². The molecule has 30 heavy (non-hydrogen) atoms. The first-order valence-electron chi connectivity index (χ1n) is 9.64. The molecular formula is C21H19N3O6. The molecule has 0 spiro atoms. The number of anilines is 1. The molecule has 1 fully saturated rings. The minimum Gasteiger partial charge on any atom is -0.490 e. The van der Waals surface area contributed by atoms with Gasteiger partial charge in [0.1, 0.15) is 17.9 Å². The highest BCUT2D eigenvalue weighted by Crippen LogP contribution is 2.30. The van der Waals surface area contributed by atoms with Crippen molar-refractivity contribution < 1.29 is 24.0 Å². The number of nitrogens with one attached hydrogen (secondary N) is 1. The van der Waals surface area contributed by atoms with Crippen molar-refractivity contribution in [3.8, 4) is 5.75 Å². The van der Waals surface area contributed by atoms with Crippen molar-refractivity contribution in [2.45, 2.75) is 31.8 Å². The number of carbonyl (C=O) groups is 3. The summed E-state index contributed by atoms with van der Waals surface area (Å²) in [5.74, 6) is -1.45. The minimum absolute atomic E-state index is 0.0737. The van der Waals surface area contributed by atoms with Crippen LogP contribution >= 0.6 is 0 Å². The van der Waals surface area contributed by atoms with Gasteiger partial charge in [-0.25, -0.2) is 0 Å². The van der Waals surface area contributed by atoms with E-state index < -0.39 is 34.9 Å². The van der Waals surface area contributed by atoms with Gasteiger partial charge in [-0.05, 0) is 56.0 Å². The summed E-state index contributed by atoms with van der Waals surface area (Å²) in [6.07, 6.45) is 4.64. The highest BCUT2D eigenvalue weighted by atomic mass is 16.6. The van der Waals surface area contributed by atoms with Crippen LogP contribution in [0.2, 0.25) is 0 Å². The van der Waals surface area contributed by atoms with E-state index in [4.69, 9.17) is 4.74 Å². The fraction of sp³-hybridized carbons (Fsp3) is 0.286. The quantitative estimate of drug-likeness (QED) is 0.445. The van der Waals surface area contributed by atoms with Crippen molar-refractivity contribution in [2.75, 3.05) is 11.9 Å². The Bertz CT molecular complexity index is 1030. The number of hydrogen-bond acceptors (Lipinski definition) is 6. The van der Waals surface area contributed by atoms with Crippen LogP contribution < -0.4 is 10.1 Å². The number of ether oxygens (including phenoxy) is 1. The highest BCUT2D eigenvalue weighted by Gasteiger charge is 2.41. The van der Waals surface area contributed by atoms with Gasteiger partial charge in [0.15, 0.2) is 0 Å². The summed E-state index contributed by atoms with van der Waals surface area (Å²) in [5.41, 5.74) is -0.322. The number of hydrogen-bond donors (Lipinski definition) is 1. The van der Waals surface area contributed by atoms with Gasteiger partial charge in [0.25, 0.3) is 17.5 Å². The zero-order chi connectivity index (χ0) is 21.3. The molecule has 2 aromatic rings. The van der Waals surface area contributed by atoms with E-state index in [0.717, 1.165) is 18.9 Å². The van der Waals surface area contributed by atoms with E-state index in [-0.39, 0.29) is 17.2 Å². The molecule has 9 nitrogen and oxygen atoms in total. The van der Waals surface area contributed by atoms with Crippen LogP contribution in [0.5, 0.6) is 5.75 Å². The average molecular weight is 409 g/mol. The van der Waals surface area contributed by atoms with Gasteiger partial charge in [-0.2, -0.15) is 0 Å². The standard InChI is InChI=1S/C21H19N3O6/c25-18(22-13-8-10-15(11-9-13)30-14-4-1-2-5-14)12-23-20(26)16-6-3-7-17(24(28)29)19(16)21(23)27/h3,6-11,14H,1-2,4-5,12H2,(H,22,25). The number of nitro benzene ring substituents is 1. The summed E-state index contributed by atoms with van der Waals surface area (Å²) < 4.78 is 5.87. The van der Waals surface area contributed by atoms with Gasteiger partial charge in [-0.3, -0.25) is 29.4 Å². The molecule has 0 atom stereocenters. The maximum Gasteiger partial charge on any atom is 0.282 e. The molecule has 1 saturated carbocycles. The first-order valence-corrected chi connectivity index (χ1v) is 9.64. The van der Waals surface area contributed by atoms with Crippen LogP contribution in [0.1, 0.15) is 46.4 Å². The van der Waals surface area contributed by atoms with E-state index in [1.165, 1.54) is 25.0 Å². The number of nitro groups is 1. The summed E-state index contributed by atoms with van der Waals surface area (Å²) in [6.45, 7) is -0.538. The fourth-order valence-electron chi connectivity index (χ4n) is 3.77. The molecule has 4 rings (SSSR count). The first kappa shape index (κ1) is 19.6. The van der Waals surface area contributed by atoms with Gasteiger partial charge in [0.2, 0.25) is 5.91 Å². The third-order valence-electron chi connectivity index (χ3n) is 5.22. The number of rotatable bonds is 6. The highest BCUT2D eigenvalue weighted by molar-refractivity contribution is 6.24. The van der Waals surface area contributed by atoms with E-state index >= 15 is 0 Å². The van der Waals surface area contributed by atoms with Crippen molar-refractivity contribution in [3.63, 3.8) is 0 Å². The Labute approximate surface area is 171 Å². The molecule has 0 saturated heterocycles. The maximum atomic E-state index is 12.5. The van der Waals surface area contributed by atoms with Crippen LogP contribution in [0.25, 0.3) is 0 Å². The smallest absolute Gasteiger partial charge is 0.282 e. The van der Waals surface area contributed by atoms with Crippen LogP contribution in [0.15, 0.2) is 42.5 Å². The molecule has 2 aromatic carbocycles. The fourth-order valence-corrected chi connectivity index (χ4v) is 3.77. The van der Waals surface area contributed by atoms with E-state index in [9.17, 15) is 24.5 Å². The Hall–Kier alpha value is -3.75. The molecule has 1 N–H and O–H groups in total. The Balaban J connectivity index is 1.40.